The van der Waals surface area contributed by atoms with E-state index in [1.807, 2.05) is 0 Å². The van der Waals surface area contributed by atoms with Crippen LogP contribution in [0.25, 0.3) is 22.2 Å². The molecule has 33 heavy (non-hydrogen) atoms. The lowest BCUT2D eigenvalue weighted by atomic mass is 10.0. The largest absolute Gasteiger partial charge is 0.433 e. The van der Waals surface area contributed by atoms with Gasteiger partial charge in [0.2, 0.25) is 0 Å². The molecule has 7 nitrogen and oxygen atoms in total. The number of aromatic nitrogens is 5. The minimum absolute atomic E-state index is 0.0540. The third kappa shape index (κ3) is 4.13. The number of halogens is 6. The van der Waals surface area contributed by atoms with Gasteiger partial charge in [-0.1, -0.05) is 18.2 Å². The molecule has 0 aliphatic heterocycles. The molecule has 0 aliphatic rings. The molecule has 0 unspecified atom stereocenters. The van der Waals surface area contributed by atoms with Crippen LogP contribution in [-0.2, 0) is 26.4 Å². The minimum Gasteiger partial charge on any atom is -0.321 e. The van der Waals surface area contributed by atoms with Crippen molar-refractivity contribution < 1.29 is 31.1 Å². The molecular formula is C20H14F6N6O. The van der Waals surface area contributed by atoms with E-state index in [1.165, 1.54) is 16.8 Å². The van der Waals surface area contributed by atoms with Gasteiger partial charge in [-0.15, -0.1) is 0 Å². The van der Waals surface area contributed by atoms with Crippen LogP contribution in [0.4, 0.5) is 32.0 Å². The lowest BCUT2D eigenvalue weighted by Gasteiger charge is -2.12. The van der Waals surface area contributed by atoms with E-state index in [0.717, 1.165) is 24.0 Å². The monoisotopic (exact) mass is 468 g/mol. The van der Waals surface area contributed by atoms with Gasteiger partial charge >= 0.3 is 12.4 Å². The molecule has 0 fully saturated rings. The number of aryl methyl sites for hydroxylation is 2. The molecular weight excluding hydrogens is 454 g/mol. The molecule has 0 spiro atoms. The highest BCUT2D eigenvalue weighted by molar-refractivity contribution is 6.06. The lowest BCUT2D eigenvalue weighted by molar-refractivity contribution is -0.141. The predicted molar refractivity (Wildman–Crippen MR) is 105 cm³/mol. The second-order valence-corrected chi connectivity index (χ2v) is 7.12. The Morgan fingerprint density at radius 1 is 1.00 bits per heavy atom. The number of anilines is 1. The molecule has 0 aliphatic carbocycles. The Morgan fingerprint density at radius 3 is 2.39 bits per heavy atom. The number of carbonyl (C=O) groups is 1. The molecule has 3 heterocycles. The third-order valence-electron chi connectivity index (χ3n) is 4.76. The quantitative estimate of drug-likeness (QED) is 0.444. The van der Waals surface area contributed by atoms with E-state index in [9.17, 15) is 31.1 Å². The standard InChI is InChI=1S/C20H14F6N6O/c1-31-9-10-4-3-5-12(15(10)29-31)16-14(20(24,25)26)17(32(2)30-16)18(33)28-11-6-7-27-13(8-11)19(21,22)23/h3-9H,1-2H3,(H,27,28,33). The maximum absolute atomic E-state index is 14.1. The van der Waals surface area contributed by atoms with Gasteiger partial charge in [0.1, 0.15) is 28.2 Å². The molecule has 0 atom stereocenters. The van der Waals surface area contributed by atoms with Crippen LogP contribution in [-0.4, -0.2) is 30.5 Å². The van der Waals surface area contributed by atoms with Crippen molar-refractivity contribution in [2.75, 3.05) is 5.32 Å². The smallest absolute Gasteiger partial charge is 0.321 e. The number of amides is 1. The number of carbonyl (C=O) groups excluding carboxylic acids is 1. The summed E-state index contributed by atoms with van der Waals surface area (Å²) >= 11 is 0. The summed E-state index contributed by atoms with van der Waals surface area (Å²) < 4.78 is 83.2. The van der Waals surface area contributed by atoms with Crippen LogP contribution in [0.5, 0.6) is 0 Å². The summed E-state index contributed by atoms with van der Waals surface area (Å²) in [6.45, 7) is 0. The highest BCUT2D eigenvalue weighted by Gasteiger charge is 2.42. The summed E-state index contributed by atoms with van der Waals surface area (Å²) in [4.78, 5) is 15.9. The third-order valence-corrected chi connectivity index (χ3v) is 4.76. The van der Waals surface area contributed by atoms with E-state index in [0.29, 0.717) is 11.5 Å². The molecule has 1 amide bonds. The number of alkyl halides is 6. The fourth-order valence-corrected chi connectivity index (χ4v) is 3.45. The second-order valence-electron chi connectivity index (χ2n) is 7.12. The van der Waals surface area contributed by atoms with Crippen molar-refractivity contribution in [3.05, 3.63) is 59.7 Å². The van der Waals surface area contributed by atoms with Crippen LogP contribution in [0.15, 0.2) is 42.7 Å². The van der Waals surface area contributed by atoms with Gasteiger partial charge in [-0.05, 0) is 12.1 Å². The van der Waals surface area contributed by atoms with Crippen molar-refractivity contribution in [1.82, 2.24) is 24.5 Å². The number of pyridine rings is 1. The van der Waals surface area contributed by atoms with Crippen LogP contribution >= 0.6 is 0 Å². The van der Waals surface area contributed by atoms with Crippen molar-refractivity contribution in [2.45, 2.75) is 12.4 Å². The van der Waals surface area contributed by atoms with Gasteiger partial charge in [0, 0.05) is 43.1 Å². The Balaban J connectivity index is 1.83. The van der Waals surface area contributed by atoms with Gasteiger partial charge in [0.05, 0.1) is 0 Å². The van der Waals surface area contributed by atoms with Crippen LogP contribution < -0.4 is 5.32 Å². The van der Waals surface area contributed by atoms with E-state index in [1.54, 1.807) is 19.3 Å². The van der Waals surface area contributed by atoms with Gasteiger partial charge in [-0.3, -0.25) is 19.1 Å². The molecule has 4 aromatic rings. The zero-order valence-corrected chi connectivity index (χ0v) is 17.0. The fraction of sp³-hybridized carbons (Fsp3) is 0.200. The molecule has 1 aromatic carbocycles. The topological polar surface area (TPSA) is 77.6 Å². The summed E-state index contributed by atoms with van der Waals surface area (Å²) in [5.41, 5.74) is -4.08. The fourth-order valence-electron chi connectivity index (χ4n) is 3.45. The normalized spacial score (nSPS) is 12.4. The molecule has 1 N–H and O–H groups in total. The van der Waals surface area contributed by atoms with Crippen molar-refractivity contribution in [1.29, 1.82) is 0 Å². The van der Waals surface area contributed by atoms with E-state index < -0.39 is 40.9 Å². The number of hydrogen-bond acceptors (Lipinski definition) is 4. The van der Waals surface area contributed by atoms with E-state index in [2.05, 4.69) is 20.5 Å². The number of rotatable bonds is 3. The highest BCUT2D eigenvalue weighted by atomic mass is 19.4. The number of hydrogen-bond donors (Lipinski definition) is 1. The number of fused-ring (bicyclic) bond motifs is 1. The maximum atomic E-state index is 14.1. The first-order chi connectivity index (χ1) is 15.4. The van der Waals surface area contributed by atoms with Crippen molar-refractivity contribution in [3.8, 4) is 11.3 Å². The van der Waals surface area contributed by atoms with Crippen molar-refractivity contribution in [3.63, 3.8) is 0 Å². The Morgan fingerprint density at radius 2 is 1.73 bits per heavy atom. The second kappa shape index (κ2) is 7.60. The first-order valence-electron chi connectivity index (χ1n) is 9.28. The van der Waals surface area contributed by atoms with Gasteiger partial charge < -0.3 is 5.32 Å². The van der Waals surface area contributed by atoms with Gasteiger partial charge in [-0.2, -0.15) is 36.5 Å². The highest BCUT2D eigenvalue weighted by Crippen LogP contribution is 2.41. The maximum Gasteiger partial charge on any atom is 0.433 e. The van der Waals surface area contributed by atoms with E-state index >= 15 is 0 Å². The SMILES string of the molecule is Cn1cc2cccc(-c3nn(C)c(C(=O)Nc4ccnc(C(F)(F)F)c4)c3C(F)(F)F)c2n1. The molecule has 4 rings (SSSR count). The van der Waals surface area contributed by atoms with Crippen molar-refractivity contribution >= 4 is 22.5 Å². The lowest BCUT2D eigenvalue weighted by Crippen LogP contribution is -2.21. The average Bonchev–Trinajstić information content (AvgIpc) is 3.26. The first kappa shape index (κ1) is 22.3. The average molecular weight is 468 g/mol. The molecule has 3 aromatic heterocycles. The number of nitrogens with zero attached hydrogens (tertiary/aromatic N) is 5. The predicted octanol–water partition coefficient (Wildman–Crippen LogP) is 4.66. The molecule has 0 radical (unpaired) electrons. The summed E-state index contributed by atoms with van der Waals surface area (Å²) in [5, 5.41) is 10.7. The number of benzene rings is 1. The molecule has 13 heteroatoms. The number of nitrogens with one attached hydrogen (secondary N) is 1. The summed E-state index contributed by atoms with van der Waals surface area (Å²) in [5.74, 6) is -1.28. The first-order valence-corrected chi connectivity index (χ1v) is 9.28. The van der Waals surface area contributed by atoms with Gasteiger partial charge in [0.25, 0.3) is 5.91 Å². The summed E-state index contributed by atoms with van der Waals surface area (Å²) in [6.07, 6.45) is -7.38. The van der Waals surface area contributed by atoms with Crippen LogP contribution in [0.3, 0.4) is 0 Å². The van der Waals surface area contributed by atoms with Gasteiger partial charge in [-0.25, -0.2) is 0 Å². The Bertz CT molecular complexity index is 1370. The molecule has 172 valence electrons. The van der Waals surface area contributed by atoms with E-state index in [4.69, 9.17) is 0 Å². The molecule has 0 saturated heterocycles. The Kier molecular flexibility index (Phi) is 5.14. The van der Waals surface area contributed by atoms with Crippen LogP contribution in [0.2, 0.25) is 0 Å². The van der Waals surface area contributed by atoms with Crippen molar-refractivity contribution in [2.24, 2.45) is 14.1 Å². The summed E-state index contributed by atoms with van der Waals surface area (Å²) in [7, 11) is 2.75. The zero-order valence-electron chi connectivity index (χ0n) is 17.0. The Labute approximate surface area is 181 Å². The zero-order chi connectivity index (χ0) is 24.1. The summed E-state index contributed by atoms with van der Waals surface area (Å²) in [6, 6.07) is 6.15. The molecule has 0 bridgehead atoms. The Hall–Kier alpha value is -3.90. The van der Waals surface area contributed by atoms with Crippen LogP contribution in [0.1, 0.15) is 21.7 Å². The van der Waals surface area contributed by atoms with Crippen LogP contribution in [0, 0.1) is 0 Å². The van der Waals surface area contributed by atoms with Gasteiger partial charge in [0.15, 0.2) is 0 Å². The minimum atomic E-state index is -5.00. The van der Waals surface area contributed by atoms with E-state index in [-0.39, 0.29) is 16.8 Å². The molecule has 0 saturated carbocycles.